The van der Waals surface area contributed by atoms with E-state index in [1.807, 2.05) is 19.9 Å². The quantitative estimate of drug-likeness (QED) is 0.716. The number of carbonyl (C=O) groups is 1. The second-order valence-corrected chi connectivity index (χ2v) is 6.42. The highest BCUT2D eigenvalue weighted by atomic mass is 16.5. The van der Waals surface area contributed by atoms with E-state index in [1.54, 1.807) is 7.11 Å². The van der Waals surface area contributed by atoms with Crippen LogP contribution in [0.1, 0.15) is 40.0 Å². The zero-order valence-corrected chi connectivity index (χ0v) is 11.6. The first-order chi connectivity index (χ1) is 8.35. The molecule has 0 aromatic carbocycles. The van der Waals surface area contributed by atoms with E-state index in [2.05, 4.69) is 13.0 Å². The number of fused-ring (bicyclic) bond motifs is 1. The Labute approximate surface area is 109 Å². The van der Waals surface area contributed by atoms with E-state index in [0.29, 0.717) is 11.5 Å². The fourth-order valence-corrected chi connectivity index (χ4v) is 3.95. The minimum atomic E-state index is -0.437. The molecule has 2 aliphatic carbocycles. The van der Waals surface area contributed by atoms with Crippen molar-refractivity contribution in [1.29, 1.82) is 5.26 Å². The van der Waals surface area contributed by atoms with E-state index in [4.69, 9.17) is 10.00 Å². The van der Waals surface area contributed by atoms with Crippen molar-refractivity contribution in [2.24, 2.45) is 16.7 Å². The molecule has 0 heterocycles. The third-order valence-corrected chi connectivity index (χ3v) is 4.87. The Balaban J connectivity index is 2.46. The first-order valence-electron chi connectivity index (χ1n) is 6.55. The molecule has 0 spiro atoms. The van der Waals surface area contributed by atoms with Crippen molar-refractivity contribution in [3.8, 4) is 6.07 Å². The van der Waals surface area contributed by atoms with Gasteiger partial charge in [-0.1, -0.05) is 26.8 Å². The highest BCUT2D eigenvalue weighted by Crippen LogP contribution is 2.55. The number of ketones is 1. The molecular formula is C15H21NO2. The van der Waals surface area contributed by atoms with Crippen LogP contribution >= 0.6 is 0 Å². The fourth-order valence-electron chi connectivity index (χ4n) is 3.95. The van der Waals surface area contributed by atoms with Crippen molar-refractivity contribution in [2.75, 3.05) is 7.11 Å². The van der Waals surface area contributed by atoms with Gasteiger partial charge in [0.1, 0.15) is 6.07 Å². The summed E-state index contributed by atoms with van der Waals surface area (Å²) in [7, 11) is 1.74. The van der Waals surface area contributed by atoms with E-state index < -0.39 is 5.41 Å². The Morgan fingerprint density at radius 1 is 1.39 bits per heavy atom. The Hall–Kier alpha value is -1.14. The van der Waals surface area contributed by atoms with Gasteiger partial charge < -0.3 is 4.74 Å². The molecule has 0 saturated heterocycles. The first-order valence-corrected chi connectivity index (χ1v) is 6.55. The first kappa shape index (κ1) is 13.3. The topological polar surface area (TPSA) is 50.1 Å². The number of nitrogens with zero attached hydrogens (tertiary/aromatic N) is 1. The van der Waals surface area contributed by atoms with Gasteiger partial charge in [-0.05, 0) is 30.6 Å². The summed E-state index contributed by atoms with van der Waals surface area (Å²) in [5, 5.41) is 9.15. The van der Waals surface area contributed by atoms with Gasteiger partial charge in [-0.25, -0.2) is 0 Å². The van der Waals surface area contributed by atoms with Gasteiger partial charge in [-0.15, -0.1) is 0 Å². The number of Topliss-reactive ketones (excluding diaryl/α,β-unsaturated/α-hetero) is 1. The number of rotatable bonds is 1. The summed E-state index contributed by atoms with van der Waals surface area (Å²) in [6.07, 6.45) is 5.03. The molecule has 2 rings (SSSR count). The zero-order chi connectivity index (χ0) is 13.6. The molecule has 1 fully saturated rings. The van der Waals surface area contributed by atoms with Gasteiger partial charge in [-0.3, -0.25) is 4.79 Å². The molecule has 0 amide bonds. The van der Waals surface area contributed by atoms with Crippen LogP contribution in [0.25, 0.3) is 0 Å². The number of hydrogen-bond acceptors (Lipinski definition) is 3. The predicted molar refractivity (Wildman–Crippen MR) is 68.7 cm³/mol. The van der Waals surface area contributed by atoms with Crippen LogP contribution in [0.4, 0.5) is 0 Å². The molecule has 3 heteroatoms. The van der Waals surface area contributed by atoms with Crippen LogP contribution in [0.15, 0.2) is 11.6 Å². The summed E-state index contributed by atoms with van der Waals surface area (Å²) in [6.45, 7) is 6.12. The van der Waals surface area contributed by atoms with Crippen molar-refractivity contribution in [2.45, 2.75) is 46.1 Å². The van der Waals surface area contributed by atoms with Crippen molar-refractivity contribution >= 4 is 5.78 Å². The maximum absolute atomic E-state index is 12.3. The molecule has 3 nitrogen and oxygen atoms in total. The van der Waals surface area contributed by atoms with Crippen molar-refractivity contribution in [3.63, 3.8) is 0 Å². The van der Waals surface area contributed by atoms with Crippen LogP contribution in [-0.2, 0) is 9.53 Å². The summed E-state index contributed by atoms with van der Waals surface area (Å²) < 4.78 is 5.47. The lowest BCUT2D eigenvalue weighted by atomic mass is 9.52. The molecule has 1 saturated carbocycles. The SMILES string of the molecule is CO[C@@H]1CC[C@@H]2C(C)(C)C(=O)C(C#N)=C[C@]2(C)C1. The van der Waals surface area contributed by atoms with Gasteiger partial charge in [-0.2, -0.15) is 5.26 Å². The molecule has 18 heavy (non-hydrogen) atoms. The van der Waals surface area contributed by atoms with Crippen LogP contribution in [-0.4, -0.2) is 19.0 Å². The smallest absolute Gasteiger partial charge is 0.178 e. The van der Waals surface area contributed by atoms with Gasteiger partial charge in [0.05, 0.1) is 11.7 Å². The minimum absolute atomic E-state index is 0.00309. The third kappa shape index (κ3) is 1.80. The molecule has 98 valence electrons. The standard InChI is InChI=1S/C15H21NO2/c1-14(2)12-6-5-11(18-4)8-15(12,3)7-10(9-16)13(14)17/h7,11-12H,5-6,8H2,1-4H3/t11-,12-,15-/m1/s1. The van der Waals surface area contributed by atoms with Crippen molar-refractivity contribution < 1.29 is 9.53 Å². The maximum Gasteiger partial charge on any atom is 0.178 e. The van der Waals surface area contributed by atoms with E-state index in [0.717, 1.165) is 19.3 Å². The van der Waals surface area contributed by atoms with Gasteiger partial charge in [0.2, 0.25) is 0 Å². The van der Waals surface area contributed by atoms with Crippen LogP contribution in [0.3, 0.4) is 0 Å². The molecule has 0 aromatic heterocycles. The van der Waals surface area contributed by atoms with Crippen LogP contribution in [0, 0.1) is 28.1 Å². The van der Waals surface area contributed by atoms with Gasteiger partial charge in [0.25, 0.3) is 0 Å². The molecule has 0 bridgehead atoms. The zero-order valence-electron chi connectivity index (χ0n) is 11.6. The number of carbonyl (C=O) groups excluding carboxylic acids is 1. The predicted octanol–water partition coefficient (Wildman–Crippen LogP) is 2.87. The highest BCUT2D eigenvalue weighted by molar-refractivity contribution is 6.04. The van der Waals surface area contributed by atoms with Crippen LogP contribution in [0.5, 0.6) is 0 Å². The Bertz CT molecular complexity index is 444. The third-order valence-electron chi connectivity index (χ3n) is 4.87. The maximum atomic E-state index is 12.3. The van der Waals surface area contributed by atoms with E-state index >= 15 is 0 Å². The van der Waals surface area contributed by atoms with E-state index in [1.165, 1.54) is 0 Å². The lowest BCUT2D eigenvalue weighted by Gasteiger charge is -2.51. The number of allylic oxidation sites excluding steroid dienone is 2. The second-order valence-electron chi connectivity index (χ2n) is 6.42. The van der Waals surface area contributed by atoms with E-state index in [9.17, 15) is 4.79 Å². The summed E-state index contributed by atoms with van der Waals surface area (Å²) in [4.78, 5) is 12.3. The average Bonchev–Trinajstić information content (AvgIpc) is 2.33. The summed E-state index contributed by atoms with van der Waals surface area (Å²) in [5.74, 6) is 0.310. The summed E-state index contributed by atoms with van der Waals surface area (Å²) in [5.41, 5.74) is -0.204. The molecular weight excluding hydrogens is 226 g/mol. The van der Waals surface area contributed by atoms with Crippen LogP contribution in [0.2, 0.25) is 0 Å². The number of ether oxygens (including phenoxy) is 1. The van der Waals surface area contributed by atoms with Gasteiger partial charge in [0.15, 0.2) is 5.78 Å². The van der Waals surface area contributed by atoms with E-state index in [-0.39, 0.29) is 17.3 Å². The van der Waals surface area contributed by atoms with Crippen molar-refractivity contribution in [3.05, 3.63) is 11.6 Å². The molecule has 0 radical (unpaired) electrons. The second kappa shape index (κ2) is 4.20. The average molecular weight is 247 g/mol. The normalized spacial score (nSPS) is 38.6. The molecule has 0 aliphatic heterocycles. The van der Waals surface area contributed by atoms with Crippen LogP contribution < -0.4 is 0 Å². The molecule has 2 aliphatic rings. The Morgan fingerprint density at radius 2 is 2.06 bits per heavy atom. The van der Waals surface area contributed by atoms with Gasteiger partial charge in [0, 0.05) is 12.5 Å². The molecule has 3 atom stereocenters. The largest absolute Gasteiger partial charge is 0.381 e. The Morgan fingerprint density at radius 3 is 2.61 bits per heavy atom. The fraction of sp³-hybridized carbons (Fsp3) is 0.733. The minimum Gasteiger partial charge on any atom is -0.381 e. The van der Waals surface area contributed by atoms with Gasteiger partial charge >= 0.3 is 0 Å². The number of hydrogen-bond donors (Lipinski definition) is 0. The lowest BCUT2D eigenvalue weighted by molar-refractivity contribution is -0.133. The lowest BCUT2D eigenvalue weighted by Crippen LogP contribution is -2.50. The summed E-state index contributed by atoms with van der Waals surface area (Å²) >= 11 is 0. The summed E-state index contributed by atoms with van der Waals surface area (Å²) in [6, 6.07) is 2.07. The number of methoxy groups -OCH3 is 1. The monoisotopic (exact) mass is 247 g/mol. The highest BCUT2D eigenvalue weighted by Gasteiger charge is 2.53. The molecule has 0 N–H and O–H groups in total. The molecule has 0 aromatic rings. The number of nitriles is 1. The molecule has 0 unspecified atom stereocenters. The van der Waals surface area contributed by atoms with Crippen molar-refractivity contribution in [1.82, 2.24) is 0 Å². The Kier molecular flexibility index (Phi) is 3.11.